The van der Waals surface area contributed by atoms with Crippen molar-refractivity contribution in [3.63, 3.8) is 0 Å². The van der Waals surface area contributed by atoms with E-state index in [1.165, 1.54) is 0 Å². The highest BCUT2D eigenvalue weighted by molar-refractivity contribution is 6.05. The third-order valence-corrected chi connectivity index (χ3v) is 4.37. The average Bonchev–Trinajstić information content (AvgIpc) is 2.61. The number of anilines is 1. The van der Waals surface area contributed by atoms with Crippen LogP contribution in [0.5, 0.6) is 0 Å². The van der Waals surface area contributed by atoms with Crippen molar-refractivity contribution in [3.05, 3.63) is 68.5 Å². The van der Waals surface area contributed by atoms with Crippen molar-refractivity contribution in [2.45, 2.75) is 31.9 Å². The van der Waals surface area contributed by atoms with Gasteiger partial charge in [0.25, 0.3) is 5.91 Å². The van der Waals surface area contributed by atoms with Gasteiger partial charge in [0, 0.05) is 17.3 Å². The van der Waals surface area contributed by atoms with Gasteiger partial charge in [-0.15, -0.1) is 0 Å². The first-order valence-electron chi connectivity index (χ1n) is 8.20. The van der Waals surface area contributed by atoms with Crippen LogP contribution in [0.2, 0.25) is 0 Å². The summed E-state index contributed by atoms with van der Waals surface area (Å²) in [6.45, 7) is 2.01. The van der Waals surface area contributed by atoms with Gasteiger partial charge in [-0.2, -0.15) is 30.7 Å². The van der Waals surface area contributed by atoms with Crippen LogP contribution in [0.4, 0.5) is 46.5 Å². The van der Waals surface area contributed by atoms with Crippen LogP contribution in [0.3, 0.4) is 0 Å². The van der Waals surface area contributed by atoms with Gasteiger partial charge in [0.15, 0.2) is 0 Å². The van der Waals surface area contributed by atoms with Gasteiger partial charge in [0.05, 0.1) is 10.5 Å². The number of halogens is 8. The van der Waals surface area contributed by atoms with Crippen LogP contribution in [0.1, 0.15) is 27.0 Å². The number of nitrogens with zero attached hydrogens (tertiary/aromatic N) is 1. The number of carbonyl (C=O) groups is 1. The fraction of sp³-hybridized carbons (Fsp3) is 0.278. The molecule has 31 heavy (non-hydrogen) atoms. The lowest BCUT2D eigenvalue weighted by Crippen LogP contribution is -2.50. The van der Waals surface area contributed by atoms with E-state index in [4.69, 9.17) is 0 Å². The molecule has 0 aliphatic heterocycles. The molecule has 1 N–H and O–H groups in total. The van der Waals surface area contributed by atoms with E-state index in [1.807, 2.05) is 0 Å². The van der Waals surface area contributed by atoms with Gasteiger partial charge >= 0.3 is 23.7 Å². The topological polar surface area (TPSA) is 72.2 Å². The van der Waals surface area contributed by atoms with Crippen molar-refractivity contribution in [1.29, 1.82) is 0 Å². The van der Waals surface area contributed by atoms with Crippen LogP contribution >= 0.6 is 0 Å². The summed E-state index contributed by atoms with van der Waals surface area (Å²) in [7, 11) is 0. The van der Waals surface area contributed by atoms with Gasteiger partial charge in [-0.3, -0.25) is 14.9 Å². The molecule has 0 unspecified atom stereocenters. The molecule has 0 aromatic heterocycles. The molecule has 0 aliphatic carbocycles. The summed E-state index contributed by atoms with van der Waals surface area (Å²) < 4.78 is 106. The molecule has 0 spiro atoms. The Morgan fingerprint density at radius 3 is 1.87 bits per heavy atom. The maximum Gasteiger partial charge on any atom is 0.435 e. The molecule has 1 amide bonds. The largest absolute Gasteiger partial charge is 0.435 e. The quantitative estimate of drug-likeness (QED) is 0.354. The Balaban J connectivity index is 2.52. The minimum absolute atomic E-state index is 0.257. The molecule has 13 heteroatoms. The van der Waals surface area contributed by atoms with Gasteiger partial charge in [-0.05, 0) is 31.0 Å². The fourth-order valence-corrected chi connectivity index (χ4v) is 2.86. The fourth-order valence-electron chi connectivity index (χ4n) is 2.86. The van der Waals surface area contributed by atoms with Gasteiger partial charge in [-0.1, -0.05) is 18.2 Å². The Kier molecular flexibility index (Phi) is 6.03. The molecule has 0 atom stereocenters. The van der Waals surface area contributed by atoms with E-state index < -0.39 is 51.5 Å². The van der Waals surface area contributed by atoms with Crippen molar-refractivity contribution in [2.75, 3.05) is 5.32 Å². The molecule has 168 valence electrons. The third kappa shape index (κ3) is 4.16. The zero-order chi connectivity index (χ0) is 23.9. The molecule has 2 aromatic carbocycles. The zero-order valence-electron chi connectivity index (χ0n) is 15.6. The molecule has 0 aliphatic rings. The van der Waals surface area contributed by atoms with Crippen LogP contribution in [-0.4, -0.2) is 23.2 Å². The predicted octanol–water partition coefficient (Wildman–Crippen LogP) is 5.89. The molecule has 2 rings (SSSR count). The number of nitrogens with one attached hydrogen (secondary N) is 1. The molecule has 0 bridgehead atoms. The Bertz CT molecular complexity index is 1010. The summed E-state index contributed by atoms with van der Waals surface area (Å²) in [5.41, 5.74) is -10.3. The molecule has 2 aromatic rings. The van der Waals surface area contributed by atoms with Gasteiger partial charge in [0.2, 0.25) is 5.82 Å². The summed E-state index contributed by atoms with van der Waals surface area (Å²) in [4.78, 5) is 22.0. The highest BCUT2D eigenvalue weighted by atomic mass is 19.4. The normalized spacial score (nSPS) is 12.6. The Hall–Kier alpha value is -3.25. The van der Waals surface area contributed by atoms with Gasteiger partial charge in [0.1, 0.15) is 0 Å². The number of alkyl halides is 7. The van der Waals surface area contributed by atoms with Crippen LogP contribution in [0.25, 0.3) is 0 Å². The van der Waals surface area contributed by atoms with Crippen LogP contribution in [0, 0.1) is 29.8 Å². The molecule has 0 heterocycles. The molecule has 5 nitrogen and oxygen atoms in total. The summed E-state index contributed by atoms with van der Waals surface area (Å²) in [6.07, 6.45) is -12.6. The van der Waals surface area contributed by atoms with Gasteiger partial charge < -0.3 is 5.32 Å². The van der Waals surface area contributed by atoms with Crippen molar-refractivity contribution < 1.29 is 44.8 Å². The molecule has 0 saturated carbocycles. The molecule has 0 saturated heterocycles. The maximum absolute atomic E-state index is 14.3. The number of carbonyl (C=O) groups excluding carboxylic acids is 1. The highest BCUT2D eigenvalue weighted by Crippen LogP contribution is 2.53. The monoisotopic (exact) mass is 456 g/mol. The van der Waals surface area contributed by atoms with E-state index in [-0.39, 0.29) is 28.9 Å². The number of hydrogen-bond donors (Lipinski definition) is 1. The molecular weight excluding hydrogens is 444 g/mol. The maximum atomic E-state index is 14.3. The standard InChI is InChI=1S/C18H12F8N2O3/c1-8-6-10(16(20,17(21,22)23)18(24,25)26)7-9(2)14(8)27-15(29)11-4-3-5-12(13(11)19)28(30)31/h3-7H,1-2H3,(H,27,29). The lowest BCUT2D eigenvalue weighted by molar-refractivity contribution is -0.387. The second-order valence-electron chi connectivity index (χ2n) is 6.49. The molecule has 0 radical (unpaired) electrons. The van der Waals surface area contributed by atoms with E-state index in [2.05, 4.69) is 5.32 Å². The van der Waals surface area contributed by atoms with E-state index in [9.17, 15) is 50.0 Å². The van der Waals surface area contributed by atoms with Crippen molar-refractivity contribution in [3.8, 4) is 0 Å². The number of rotatable bonds is 4. The smallest absolute Gasteiger partial charge is 0.321 e. The number of aryl methyl sites for hydroxylation is 2. The Labute approximate surface area is 168 Å². The number of amides is 1. The first kappa shape index (κ1) is 24.0. The summed E-state index contributed by atoms with van der Waals surface area (Å²) in [5.74, 6) is -2.74. The van der Waals surface area contributed by atoms with Gasteiger partial charge in [-0.25, -0.2) is 4.39 Å². The minimum atomic E-state index is -6.32. The number of benzene rings is 2. The number of hydrogen-bond acceptors (Lipinski definition) is 3. The second kappa shape index (κ2) is 7.78. The van der Waals surface area contributed by atoms with Crippen LogP contribution < -0.4 is 5.32 Å². The lowest BCUT2D eigenvalue weighted by Gasteiger charge is -2.31. The van der Waals surface area contributed by atoms with Crippen molar-refractivity contribution in [2.24, 2.45) is 0 Å². The lowest BCUT2D eigenvalue weighted by atomic mass is 9.90. The van der Waals surface area contributed by atoms with Crippen molar-refractivity contribution in [1.82, 2.24) is 0 Å². The summed E-state index contributed by atoms with van der Waals surface area (Å²) >= 11 is 0. The first-order chi connectivity index (χ1) is 14.0. The van der Waals surface area contributed by atoms with Crippen LogP contribution in [-0.2, 0) is 5.67 Å². The Morgan fingerprint density at radius 1 is 0.968 bits per heavy atom. The third-order valence-electron chi connectivity index (χ3n) is 4.37. The SMILES string of the molecule is Cc1cc(C(F)(C(F)(F)F)C(F)(F)F)cc(C)c1NC(=O)c1cccc([N+](=O)[O-])c1F. The highest BCUT2D eigenvalue weighted by Gasteiger charge is 2.73. The summed E-state index contributed by atoms with van der Waals surface area (Å²) in [5, 5.41) is 12.8. The average molecular weight is 456 g/mol. The number of nitro groups is 1. The van der Waals surface area contributed by atoms with E-state index in [0.717, 1.165) is 32.0 Å². The van der Waals surface area contributed by atoms with Crippen LogP contribution in [0.15, 0.2) is 30.3 Å². The molecular formula is C18H12F8N2O3. The zero-order valence-corrected chi connectivity index (χ0v) is 15.6. The van der Waals surface area contributed by atoms with E-state index in [1.54, 1.807) is 0 Å². The Morgan fingerprint density at radius 2 is 1.45 bits per heavy atom. The second-order valence-corrected chi connectivity index (χ2v) is 6.49. The summed E-state index contributed by atoms with van der Waals surface area (Å²) in [6, 6.07) is 3.19. The van der Waals surface area contributed by atoms with E-state index in [0.29, 0.717) is 0 Å². The number of nitro benzene ring substituents is 1. The minimum Gasteiger partial charge on any atom is -0.321 e. The van der Waals surface area contributed by atoms with Crippen molar-refractivity contribution >= 4 is 17.3 Å². The molecule has 0 fully saturated rings. The predicted molar refractivity (Wildman–Crippen MR) is 91.8 cm³/mol. The first-order valence-corrected chi connectivity index (χ1v) is 8.20. The van der Waals surface area contributed by atoms with E-state index >= 15 is 0 Å².